The number of anilines is 1. The van der Waals surface area contributed by atoms with Gasteiger partial charge in [-0.1, -0.05) is 23.7 Å². The summed E-state index contributed by atoms with van der Waals surface area (Å²) in [7, 11) is 0. The number of phenols is 1. The van der Waals surface area contributed by atoms with Crippen LogP contribution in [0.3, 0.4) is 0 Å². The summed E-state index contributed by atoms with van der Waals surface area (Å²) in [6, 6.07) is 12.3. The second-order valence-corrected chi connectivity index (χ2v) is 6.56. The lowest BCUT2D eigenvalue weighted by Crippen LogP contribution is -2.22. The van der Waals surface area contributed by atoms with Crippen LogP contribution >= 0.6 is 11.6 Å². The summed E-state index contributed by atoms with van der Waals surface area (Å²) in [5.74, 6) is 0.259. The van der Waals surface area contributed by atoms with E-state index in [0.717, 1.165) is 22.2 Å². The van der Waals surface area contributed by atoms with Crippen LogP contribution in [0.2, 0.25) is 5.02 Å². The van der Waals surface area contributed by atoms with E-state index < -0.39 is 0 Å². The molecule has 1 heterocycles. The van der Waals surface area contributed by atoms with E-state index in [9.17, 15) is 9.90 Å². The second-order valence-electron chi connectivity index (χ2n) is 6.13. The topological polar surface area (TPSA) is 76.2 Å². The van der Waals surface area contributed by atoms with Gasteiger partial charge in [0.25, 0.3) is 0 Å². The summed E-state index contributed by atoms with van der Waals surface area (Å²) in [5.41, 5.74) is 9.74. The lowest BCUT2D eigenvalue weighted by Gasteiger charge is -2.25. The minimum Gasteiger partial charge on any atom is -0.508 e. The molecule has 0 aliphatic heterocycles. The second kappa shape index (κ2) is 5.49. The molecule has 1 aliphatic carbocycles. The van der Waals surface area contributed by atoms with E-state index in [1.165, 1.54) is 0 Å². The maximum absolute atomic E-state index is 12.7. The molecule has 1 atom stereocenters. The third kappa shape index (κ3) is 2.39. The van der Waals surface area contributed by atoms with Gasteiger partial charge in [0.2, 0.25) is 0 Å². The Morgan fingerprint density at radius 1 is 1.12 bits per heavy atom. The zero-order valence-electron chi connectivity index (χ0n) is 12.8. The zero-order chi connectivity index (χ0) is 16.8. The van der Waals surface area contributed by atoms with Crippen LogP contribution in [0.4, 0.5) is 5.69 Å². The van der Waals surface area contributed by atoms with Gasteiger partial charge in [0, 0.05) is 16.8 Å². The van der Waals surface area contributed by atoms with E-state index in [-0.39, 0.29) is 17.5 Å². The normalized spacial score (nSPS) is 17.0. The van der Waals surface area contributed by atoms with Gasteiger partial charge in [0.15, 0.2) is 5.78 Å². The Hall–Kier alpha value is -2.59. The number of fused-ring (bicyclic) bond motifs is 2. The number of nitrogens with two attached hydrogens (primary N) is 1. The van der Waals surface area contributed by atoms with Crippen LogP contribution in [0.25, 0.3) is 10.9 Å². The van der Waals surface area contributed by atoms with Crippen molar-refractivity contribution in [2.24, 2.45) is 0 Å². The zero-order valence-corrected chi connectivity index (χ0v) is 13.5. The van der Waals surface area contributed by atoms with E-state index in [1.54, 1.807) is 24.3 Å². The Bertz CT molecular complexity index is 967. The van der Waals surface area contributed by atoms with Gasteiger partial charge in [-0.05, 0) is 48.2 Å². The fourth-order valence-electron chi connectivity index (χ4n) is 3.39. The molecule has 3 aromatic rings. The standard InChI is InChI=1S/C19H15ClN2O2/c20-12-3-6-15-14(9-12)19(21)18-16(22-15)7-11(8-17(18)24)10-1-4-13(23)5-2-10/h1-6,9,11,23H,7-8H2,(H2,21,22). The highest BCUT2D eigenvalue weighted by atomic mass is 35.5. The van der Waals surface area contributed by atoms with Crippen molar-refractivity contribution in [3.63, 3.8) is 0 Å². The Morgan fingerprint density at radius 2 is 1.88 bits per heavy atom. The van der Waals surface area contributed by atoms with E-state index in [4.69, 9.17) is 17.3 Å². The van der Waals surface area contributed by atoms with Gasteiger partial charge in [-0.15, -0.1) is 0 Å². The predicted octanol–water partition coefficient (Wildman–Crippen LogP) is 4.09. The van der Waals surface area contributed by atoms with Gasteiger partial charge < -0.3 is 10.8 Å². The Morgan fingerprint density at radius 3 is 2.62 bits per heavy atom. The number of hydrogen-bond acceptors (Lipinski definition) is 4. The summed E-state index contributed by atoms with van der Waals surface area (Å²) < 4.78 is 0. The number of aromatic hydroxyl groups is 1. The molecule has 0 radical (unpaired) electrons. The SMILES string of the molecule is Nc1c2c(nc3ccc(Cl)cc13)CC(c1ccc(O)cc1)CC2=O. The van der Waals surface area contributed by atoms with Crippen LogP contribution < -0.4 is 5.73 Å². The highest BCUT2D eigenvalue weighted by Crippen LogP contribution is 2.37. The van der Waals surface area contributed by atoms with E-state index in [2.05, 4.69) is 4.98 Å². The van der Waals surface area contributed by atoms with Gasteiger partial charge in [0.1, 0.15) is 5.75 Å². The fraction of sp³-hybridized carbons (Fsp3) is 0.158. The molecule has 0 fully saturated rings. The van der Waals surface area contributed by atoms with E-state index >= 15 is 0 Å². The van der Waals surface area contributed by atoms with E-state index in [0.29, 0.717) is 29.1 Å². The minimum atomic E-state index is 0.00111. The van der Waals surface area contributed by atoms with Gasteiger partial charge in [-0.2, -0.15) is 0 Å². The molecule has 5 heteroatoms. The highest BCUT2D eigenvalue weighted by molar-refractivity contribution is 6.31. The maximum Gasteiger partial charge on any atom is 0.167 e. The van der Waals surface area contributed by atoms with Gasteiger partial charge in [-0.3, -0.25) is 9.78 Å². The predicted molar refractivity (Wildman–Crippen MR) is 94.7 cm³/mol. The summed E-state index contributed by atoms with van der Waals surface area (Å²) in [6.07, 6.45) is 1.03. The molecular formula is C19H15ClN2O2. The molecule has 1 aliphatic rings. The van der Waals surface area contributed by atoms with Crippen molar-refractivity contribution in [1.82, 2.24) is 4.98 Å². The van der Waals surface area contributed by atoms with Crippen molar-refractivity contribution >= 4 is 34.0 Å². The molecule has 0 bridgehead atoms. The number of benzene rings is 2. The number of aromatic nitrogens is 1. The van der Waals surface area contributed by atoms with Crippen LogP contribution in [-0.4, -0.2) is 15.9 Å². The number of nitrogen functional groups attached to an aromatic ring is 1. The first-order valence-corrected chi connectivity index (χ1v) is 8.10. The number of halogens is 1. The molecule has 120 valence electrons. The number of nitrogens with zero attached hydrogens (tertiary/aromatic N) is 1. The molecule has 0 saturated heterocycles. The third-order valence-corrected chi connectivity index (χ3v) is 4.81. The smallest absolute Gasteiger partial charge is 0.167 e. The first kappa shape index (κ1) is 15.0. The Balaban J connectivity index is 1.83. The van der Waals surface area contributed by atoms with Crippen molar-refractivity contribution < 1.29 is 9.90 Å². The molecule has 3 N–H and O–H groups in total. The number of rotatable bonds is 1. The number of carbonyl (C=O) groups is 1. The minimum absolute atomic E-state index is 0.00111. The molecule has 4 nitrogen and oxygen atoms in total. The molecule has 24 heavy (non-hydrogen) atoms. The van der Waals surface area contributed by atoms with Crippen molar-refractivity contribution in [1.29, 1.82) is 0 Å². The lowest BCUT2D eigenvalue weighted by atomic mass is 9.80. The first-order valence-electron chi connectivity index (χ1n) is 7.72. The average molecular weight is 339 g/mol. The molecule has 4 rings (SSSR count). The highest BCUT2D eigenvalue weighted by Gasteiger charge is 2.30. The molecule has 0 saturated carbocycles. The third-order valence-electron chi connectivity index (χ3n) is 4.58. The summed E-state index contributed by atoms with van der Waals surface area (Å²) in [6.45, 7) is 0. The summed E-state index contributed by atoms with van der Waals surface area (Å²) >= 11 is 6.04. The average Bonchev–Trinajstić information content (AvgIpc) is 2.56. The van der Waals surface area contributed by atoms with Crippen LogP contribution in [0.1, 0.15) is 34.0 Å². The largest absolute Gasteiger partial charge is 0.508 e. The Labute approximate surface area is 143 Å². The maximum atomic E-state index is 12.7. The number of ketones is 1. The van der Waals surface area contributed by atoms with Crippen LogP contribution in [0.15, 0.2) is 42.5 Å². The van der Waals surface area contributed by atoms with Crippen molar-refractivity contribution in [2.75, 3.05) is 5.73 Å². The van der Waals surface area contributed by atoms with Crippen molar-refractivity contribution in [3.8, 4) is 5.75 Å². The van der Waals surface area contributed by atoms with Crippen molar-refractivity contribution in [2.45, 2.75) is 18.8 Å². The van der Waals surface area contributed by atoms with Crippen LogP contribution in [0, 0.1) is 0 Å². The molecule has 0 amide bonds. The molecular weight excluding hydrogens is 324 g/mol. The molecule has 0 spiro atoms. The van der Waals surface area contributed by atoms with Crippen molar-refractivity contribution in [3.05, 3.63) is 64.3 Å². The Kier molecular flexibility index (Phi) is 3.43. The molecule has 1 unspecified atom stereocenters. The molecule has 2 aromatic carbocycles. The van der Waals surface area contributed by atoms with E-state index in [1.807, 2.05) is 18.2 Å². The van der Waals surface area contributed by atoms with Gasteiger partial charge in [-0.25, -0.2) is 0 Å². The van der Waals surface area contributed by atoms with Crippen LogP contribution in [-0.2, 0) is 6.42 Å². The first-order chi connectivity index (χ1) is 11.5. The molecule has 1 aromatic heterocycles. The van der Waals surface area contributed by atoms with Gasteiger partial charge >= 0.3 is 0 Å². The fourth-order valence-corrected chi connectivity index (χ4v) is 3.56. The number of Topliss-reactive ketones (excluding diaryl/α,β-unsaturated/α-hetero) is 1. The lowest BCUT2D eigenvalue weighted by molar-refractivity contribution is 0.0964. The number of carbonyl (C=O) groups excluding carboxylic acids is 1. The number of hydrogen-bond donors (Lipinski definition) is 2. The van der Waals surface area contributed by atoms with Crippen LogP contribution in [0.5, 0.6) is 5.75 Å². The number of phenolic OH excluding ortho intramolecular Hbond substituents is 1. The van der Waals surface area contributed by atoms with Gasteiger partial charge in [0.05, 0.1) is 22.5 Å². The summed E-state index contributed by atoms with van der Waals surface area (Å²) in [5, 5.41) is 10.7. The quantitative estimate of drug-likeness (QED) is 0.700. The summed E-state index contributed by atoms with van der Waals surface area (Å²) in [4.78, 5) is 17.3. The monoisotopic (exact) mass is 338 g/mol. The number of pyridine rings is 1.